The van der Waals surface area contributed by atoms with Crippen LogP contribution in [0.25, 0.3) is 0 Å². The fourth-order valence-electron chi connectivity index (χ4n) is 2.59. The third-order valence-electron chi connectivity index (χ3n) is 3.78. The topological polar surface area (TPSA) is 49.4 Å². The van der Waals surface area contributed by atoms with E-state index in [0.717, 1.165) is 10.9 Å². The highest BCUT2D eigenvalue weighted by atomic mass is 79.9. The molecule has 1 aliphatic carbocycles. The predicted molar refractivity (Wildman–Crippen MR) is 77.2 cm³/mol. The third-order valence-corrected chi connectivity index (χ3v) is 5.62. The first-order valence-corrected chi connectivity index (χ1v) is 8.07. The number of nitrogens with zero attached hydrogens (tertiary/aromatic N) is 1. The average Bonchev–Trinajstić information content (AvgIpc) is 2.75. The zero-order valence-electron chi connectivity index (χ0n) is 10.6. The van der Waals surface area contributed by atoms with Crippen LogP contribution >= 0.6 is 27.3 Å². The van der Waals surface area contributed by atoms with Gasteiger partial charge in [-0.15, -0.1) is 11.3 Å². The van der Waals surface area contributed by atoms with Gasteiger partial charge in [-0.25, -0.2) is 0 Å². The molecular weight excluding hydrogens is 328 g/mol. The van der Waals surface area contributed by atoms with Gasteiger partial charge in [0, 0.05) is 23.5 Å². The first-order chi connectivity index (χ1) is 9.06. The number of rotatable bonds is 3. The number of carbonyl (C=O) groups excluding carboxylic acids is 2. The SMILES string of the molecule is C[C@H]1C[C@H]1N1C[C@H](NC(=O)c2sccc2Br)CC1=O. The van der Waals surface area contributed by atoms with Crippen molar-refractivity contribution in [3.63, 3.8) is 0 Å². The highest BCUT2D eigenvalue weighted by molar-refractivity contribution is 9.10. The van der Waals surface area contributed by atoms with Crippen LogP contribution in [0.4, 0.5) is 0 Å². The van der Waals surface area contributed by atoms with Crippen LogP contribution in [0.15, 0.2) is 15.9 Å². The molecule has 6 heteroatoms. The first kappa shape index (κ1) is 13.1. The Labute approximate surface area is 124 Å². The molecule has 1 saturated heterocycles. The lowest BCUT2D eigenvalue weighted by atomic mass is 10.2. The predicted octanol–water partition coefficient (Wildman–Crippen LogP) is 2.25. The van der Waals surface area contributed by atoms with Gasteiger partial charge in [0.15, 0.2) is 0 Å². The van der Waals surface area contributed by atoms with Crippen LogP contribution in [0.5, 0.6) is 0 Å². The van der Waals surface area contributed by atoms with Crippen molar-refractivity contribution >= 4 is 39.1 Å². The van der Waals surface area contributed by atoms with Crippen LogP contribution in [-0.2, 0) is 4.79 Å². The van der Waals surface area contributed by atoms with Gasteiger partial charge in [-0.1, -0.05) is 6.92 Å². The molecule has 0 unspecified atom stereocenters. The second-order valence-electron chi connectivity index (χ2n) is 5.30. The zero-order valence-corrected chi connectivity index (χ0v) is 13.0. The summed E-state index contributed by atoms with van der Waals surface area (Å²) in [4.78, 5) is 26.6. The molecule has 19 heavy (non-hydrogen) atoms. The lowest BCUT2D eigenvalue weighted by Crippen LogP contribution is -2.37. The Kier molecular flexibility index (Phi) is 3.39. The van der Waals surface area contributed by atoms with Crippen molar-refractivity contribution in [1.82, 2.24) is 10.2 Å². The third kappa shape index (κ3) is 2.56. The van der Waals surface area contributed by atoms with Crippen molar-refractivity contribution in [3.05, 3.63) is 20.8 Å². The number of halogens is 1. The number of amides is 2. The Hall–Kier alpha value is -0.880. The van der Waals surface area contributed by atoms with Crippen molar-refractivity contribution in [2.45, 2.75) is 31.8 Å². The van der Waals surface area contributed by atoms with Crippen molar-refractivity contribution in [2.75, 3.05) is 6.54 Å². The lowest BCUT2D eigenvalue weighted by molar-refractivity contribution is -0.128. The van der Waals surface area contributed by atoms with E-state index >= 15 is 0 Å². The summed E-state index contributed by atoms with van der Waals surface area (Å²) >= 11 is 4.76. The summed E-state index contributed by atoms with van der Waals surface area (Å²) in [5, 5.41) is 4.83. The van der Waals surface area contributed by atoms with Gasteiger partial charge in [0.1, 0.15) is 4.88 Å². The Balaban J connectivity index is 1.61. The molecular formula is C13H15BrN2O2S. The maximum atomic E-state index is 12.1. The Morgan fingerprint density at radius 3 is 2.89 bits per heavy atom. The standard InChI is InChI=1S/C13H15BrN2O2S/c1-7-4-10(7)16-6-8(5-11(16)17)15-13(18)12-9(14)2-3-19-12/h2-3,7-8,10H,4-6H2,1H3,(H,15,18)/t7-,8+,10+/m0/s1. The fraction of sp³-hybridized carbons (Fsp3) is 0.538. The first-order valence-electron chi connectivity index (χ1n) is 6.39. The zero-order chi connectivity index (χ0) is 13.6. The second kappa shape index (κ2) is 4.90. The molecule has 1 aromatic heterocycles. The van der Waals surface area contributed by atoms with Gasteiger partial charge in [0.2, 0.25) is 5.91 Å². The largest absolute Gasteiger partial charge is 0.346 e. The van der Waals surface area contributed by atoms with E-state index in [1.54, 1.807) is 0 Å². The molecule has 2 aliphatic rings. The molecule has 2 heterocycles. The summed E-state index contributed by atoms with van der Waals surface area (Å²) in [7, 11) is 0. The molecule has 3 atom stereocenters. The van der Waals surface area contributed by atoms with E-state index in [9.17, 15) is 9.59 Å². The molecule has 0 radical (unpaired) electrons. The van der Waals surface area contributed by atoms with E-state index in [1.165, 1.54) is 11.3 Å². The summed E-state index contributed by atoms with van der Waals surface area (Å²) in [6.45, 7) is 2.81. The summed E-state index contributed by atoms with van der Waals surface area (Å²) in [6, 6.07) is 2.21. The monoisotopic (exact) mass is 342 g/mol. The molecule has 4 nitrogen and oxygen atoms in total. The van der Waals surface area contributed by atoms with Crippen molar-refractivity contribution < 1.29 is 9.59 Å². The van der Waals surface area contributed by atoms with Crippen molar-refractivity contribution in [2.24, 2.45) is 5.92 Å². The van der Waals surface area contributed by atoms with Crippen LogP contribution in [0.1, 0.15) is 29.4 Å². The number of nitrogens with one attached hydrogen (secondary N) is 1. The molecule has 1 aromatic rings. The van der Waals surface area contributed by atoms with Gasteiger partial charge in [-0.2, -0.15) is 0 Å². The lowest BCUT2D eigenvalue weighted by Gasteiger charge is -2.16. The maximum absolute atomic E-state index is 12.1. The van der Waals surface area contributed by atoms with Crippen LogP contribution in [0, 0.1) is 5.92 Å². The van der Waals surface area contributed by atoms with Crippen LogP contribution in [0.3, 0.4) is 0 Å². The molecule has 2 amide bonds. The minimum atomic E-state index is -0.0922. The summed E-state index contributed by atoms with van der Waals surface area (Å²) < 4.78 is 0.812. The van der Waals surface area contributed by atoms with Gasteiger partial charge in [-0.05, 0) is 39.7 Å². The molecule has 0 bridgehead atoms. The smallest absolute Gasteiger partial charge is 0.262 e. The minimum Gasteiger partial charge on any atom is -0.346 e. The number of hydrogen-bond donors (Lipinski definition) is 1. The highest BCUT2D eigenvalue weighted by Crippen LogP contribution is 2.37. The van der Waals surface area contributed by atoms with Crippen LogP contribution in [-0.4, -0.2) is 35.3 Å². The maximum Gasteiger partial charge on any atom is 0.262 e. The van der Waals surface area contributed by atoms with E-state index < -0.39 is 0 Å². The molecule has 102 valence electrons. The molecule has 1 saturated carbocycles. The molecule has 1 aliphatic heterocycles. The summed E-state index contributed by atoms with van der Waals surface area (Å²) in [6.07, 6.45) is 1.53. The Morgan fingerprint density at radius 2 is 2.32 bits per heavy atom. The number of likely N-dealkylation sites (tertiary alicyclic amines) is 1. The van der Waals surface area contributed by atoms with Gasteiger partial charge in [0.25, 0.3) is 5.91 Å². The Bertz CT molecular complexity index is 530. The quantitative estimate of drug-likeness (QED) is 0.915. The van der Waals surface area contributed by atoms with E-state index in [1.807, 2.05) is 16.3 Å². The van der Waals surface area contributed by atoms with Gasteiger partial charge >= 0.3 is 0 Å². The second-order valence-corrected chi connectivity index (χ2v) is 7.07. The number of thiophene rings is 1. The molecule has 0 spiro atoms. The molecule has 0 aromatic carbocycles. The van der Waals surface area contributed by atoms with E-state index in [0.29, 0.717) is 29.8 Å². The van der Waals surface area contributed by atoms with E-state index in [4.69, 9.17) is 0 Å². The summed E-state index contributed by atoms with van der Waals surface area (Å²) in [5.41, 5.74) is 0. The van der Waals surface area contributed by atoms with Crippen LogP contribution in [0.2, 0.25) is 0 Å². The van der Waals surface area contributed by atoms with Crippen molar-refractivity contribution in [1.29, 1.82) is 0 Å². The van der Waals surface area contributed by atoms with E-state index in [2.05, 4.69) is 28.2 Å². The number of carbonyl (C=O) groups is 2. The normalized spacial score (nSPS) is 29.7. The van der Waals surface area contributed by atoms with Gasteiger partial charge in [-0.3, -0.25) is 9.59 Å². The number of hydrogen-bond acceptors (Lipinski definition) is 3. The van der Waals surface area contributed by atoms with Crippen molar-refractivity contribution in [3.8, 4) is 0 Å². The van der Waals surface area contributed by atoms with Gasteiger partial charge in [0.05, 0.1) is 6.04 Å². The van der Waals surface area contributed by atoms with Gasteiger partial charge < -0.3 is 10.2 Å². The fourth-order valence-corrected chi connectivity index (χ4v) is 4.05. The van der Waals surface area contributed by atoms with E-state index in [-0.39, 0.29) is 17.9 Å². The molecule has 2 fully saturated rings. The van der Waals surface area contributed by atoms with Crippen LogP contribution < -0.4 is 5.32 Å². The highest BCUT2D eigenvalue weighted by Gasteiger charge is 2.44. The molecule has 3 rings (SSSR count). The average molecular weight is 343 g/mol. The summed E-state index contributed by atoms with van der Waals surface area (Å²) in [5.74, 6) is 0.695. The molecule has 1 N–H and O–H groups in total. The Morgan fingerprint density at radius 1 is 1.58 bits per heavy atom. The minimum absolute atomic E-state index is 0.0539.